The molecule has 1 aliphatic carbocycles. The number of para-hydroxylation sites is 3. The average Bonchev–Trinajstić information content (AvgIpc) is 3.72. The van der Waals surface area contributed by atoms with Crippen LogP contribution in [0.2, 0.25) is 0 Å². The van der Waals surface area contributed by atoms with E-state index in [4.69, 9.17) is 0 Å². The predicted octanol–water partition coefficient (Wildman–Crippen LogP) is 11.9. The van der Waals surface area contributed by atoms with Gasteiger partial charge in [-0.05, 0) is 94.0 Å². The summed E-state index contributed by atoms with van der Waals surface area (Å²) in [6, 6.07) is 58.0. The van der Waals surface area contributed by atoms with Gasteiger partial charge in [0, 0.05) is 38.3 Å². The SMILES string of the molecule is CC1(C)c2ccccc2-c2ccc(-c3ccc4c(c3)c3c5c6ccccc6n(-c6ccccc6)c5ccc3n4-c3ccccc3)cc21. The lowest BCUT2D eigenvalue weighted by Crippen LogP contribution is -2.14. The van der Waals surface area contributed by atoms with Crippen molar-refractivity contribution < 1.29 is 0 Å². The lowest BCUT2D eigenvalue weighted by Gasteiger charge is -2.22. The van der Waals surface area contributed by atoms with Crippen molar-refractivity contribution in [1.29, 1.82) is 0 Å². The van der Waals surface area contributed by atoms with Crippen molar-refractivity contribution in [1.82, 2.24) is 9.13 Å². The molecule has 0 spiro atoms. The van der Waals surface area contributed by atoms with Crippen molar-refractivity contribution in [3.8, 4) is 33.6 Å². The first kappa shape index (κ1) is 26.4. The van der Waals surface area contributed by atoms with Crippen molar-refractivity contribution in [2.75, 3.05) is 0 Å². The summed E-state index contributed by atoms with van der Waals surface area (Å²) in [6.07, 6.45) is 0. The molecule has 0 amide bonds. The van der Waals surface area contributed by atoms with Gasteiger partial charge in [0.25, 0.3) is 0 Å². The maximum absolute atomic E-state index is 2.44. The molecule has 9 aromatic rings. The molecule has 0 bridgehead atoms. The van der Waals surface area contributed by atoms with Gasteiger partial charge in [0.2, 0.25) is 0 Å². The molecular weight excluding hydrogens is 569 g/mol. The summed E-state index contributed by atoms with van der Waals surface area (Å²) in [6.45, 7) is 4.72. The van der Waals surface area contributed by atoms with Gasteiger partial charge in [0.1, 0.15) is 0 Å². The average molecular weight is 601 g/mol. The highest BCUT2D eigenvalue weighted by Gasteiger charge is 2.35. The highest BCUT2D eigenvalue weighted by molar-refractivity contribution is 6.29. The second kappa shape index (κ2) is 9.57. The number of hydrogen-bond donors (Lipinski definition) is 0. The first-order chi connectivity index (χ1) is 23.1. The van der Waals surface area contributed by atoms with Gasteiger partial charge in [-0.25, -0.2) is 0 Å². The molecule has 1 aliphatic rings. The molecule has 2 heterocycles. The van der Waals surface area contributed by atoms with Crippen LogP contribution >= 0.6 is 0 Å². The summed E-state index contributed by atoms with van der Waals surface area (Å²) >= 11 is 0. The summed E-state index contributed by atoms with van der Waals surface area (Å²) in [5.74, 6) is 0. The highest BCUT2D eigenvalue weighted by atomic mass is 15.0. The molecule has 2 nitrogen and oxygen atoms in total. The number of fused-ring (bicyclic) bond motifs is 10. The van der Waals surface area contributed by atoms with Crippen LogP contribution in [0, 0.1) is 0 Å². The molecule has 222 valence electrons. The van der Waals surface area contributed by atoms with Gasteiger partial charge in [-0.3, -0.25) is 0 Å². The molecule has 0 fully saturated rings. The number of nitrogens with zero attached hydrogens (tertiary/aromatic N) is 2. The minimum atomic E-state index is -0.0409. The Hall–Kier alpha value is -5.86. The van der Waals surface area contributed by atoms with E-state index in [1.165, 1.54) is 88.4 Å². The van der Waals surface area contributed by atoms with E-state index >= 15 is 0 Å². The van der Waals surface area contributed by atoms with Crippen molar-refractivity contribution in [3.05, 3.63) is 169 Å². The molecule has 47 heavy (non-hydrogen) atoms. The Morgan fingerprint density at radius 2 is 0.894 bits per heavy atom. The summed E-state index contributed by atoms with van der Waals surface area (Å²) in [4.78, 5) is 0. The molecule has 0 N–H and O–H groups in total. The maximum Gasteiger partial charge on any atom is 0.0548 e. The number of hydrogen-bond acceptors (Lipinski definition) is 0. The third kappa shape index (κ3) is 3.61. The second-order valence-corrected chi connectivity index (χ2v) is 13.4. The number of rotatable bonds is 3. The standard InChI is InChI=1S/C45H32N2/c1-45(2)37-19-11-9-17-33(37)34-23-21-30(28-38(34)45)29-22-24-40-36(27-29)44-42(47(40)32-15-7-4-8-16-32)26-25-41-43(44)35-18-10-12-20-39(35)46(41)31-13-5-3-6-14-31/h3-28H,1-2H3. The van der Waals surface area contributed by atoms with E-state index in [2.05, 4.69) is 181 Å². The molecule has 0 saturated heterocycles. The van der Waals surface area contributed by atoms with Gasteiger partial charge >= 0.3 is 0 Å². The van der Waals surface area contributed by atoms with Crippen LogP contribution in [0.1, 0.15) is 25.0 Å². The van der Waals surface area contributed by atoms with Gasteiger partial charge in [0.15, 0.2) is 0 Å². The Balaban J connectivity index is 1.30. The zero-order chi connectivity index (χ0) is 31.3. The summed E-state index contributed by atoms with van der Waals surface area (Å²) < 4.78 is 4.85. The van der Waals surface area contributed by atoms with Crippen LogP contribution in [0.5, 0.6) is 0 Å². The Bertz CT molecular complexity index is 2690. The monoisotopic (exact) mass is 600 g/mol. The van der Waals surface area contributed by atoms with E-state index in [1.807, 2.05) is 0 Å². The van der Waals surface area contributed by atoms with Crippen LogP contribution in [-0.4, -0.2) is 9.13 Å². The van der Waals surface area contributed by atoms with Gasteiger partial charge in [-0.1, -0.05) is 111 Å². The van der Waals surface area contributed by atoms with Crippen molar-refractivity contribution in [2.45, 2.75) is 19.3 Å². The highest BCUT2D eigenvalue weighted by Crippen LogP contribution is 2.50. The second-order valence-electron chi connectivity index (χ2n) is 13.4. The number of aromatic nitrogens is 2. The topological polar surface area (TPSA) is 9.86 Å². The van der Waals surface area contributed by atoms with E-state index in [0.717, 1.165) is 0 Å². The molecule has 0 unspecified atom stereocenters. The molecule has 0 atom stereocenters. The fourth-order valence-corrected chi connectivity index (χ4v) is 8.34. The normalized spacial score (nSPS) is 13.5. The molecular formula is C45H32N2. The Labute approximate surface area is 273 Å². The van der Waals surface area contributed by atoms with Gasteiger partial charge < -0.3 is 9.13 Å². The molecule has 0 saturated carbocycles. The van der Waals surface area contributed by atoms with Crippen LogP contribution in [0.25, 0.3) is 77.2 Å². The van der Waals surface area contributed by atoms with Crippen LogP contribution < -0.4 is 0 Å². The third-order valence-corrected chi connectivity index (χ3v) is 10.5. The van der Waals surface area contributed by atoms with Crippen molar-refractivity contribution in [3.63, 3.8) is 0 Å². The quantitative estimate of drug-likeness (QED) is 0.191. The van der Waals surface area contributed by atoms with Crippen LogP contribution in [0.15, 0.2) is 158 Å². The van der Waals surface area contributed by atoms with E-state index in [1.54, 1.807) is 0 Å². The third-order valence-electron chi connectivity index (χ3n) is 10.5. The van der Waals surface area contributed by atoms with Crippen molar-refractivity contribution in [2.24, 2.45) is 0 Å². The van der Waals surface area contributed by atoms with Gasteiger partial charge in [0.05, 0.1) is 22.1 Å². The molecule has 7 aromatic carbocycles. The molecule has 10 rings (SSSR count). The molecule has 2 heteroatoms. The van der Waals surface area contributed by atoms with Crippen LogP contribution in [0.4, 0.5) is 0 Å². The van der Waals surface area contributed by atoms with E-state index in [9.17, 15) is 0 Å². The Morgan fingerprint density at radius 1 is 0.383 bits per heavy atom. The Kier molecular flexibility index (Phi) is 5.37. The number of benzene rings is 7. The summed E-state index contributed by atoms with van der Waals surface area (Å²) in [5.41, 5.74) is 15.2. The lowest BCUT2D eigenvalue weighted by molar-refractivity contribution is 0.660. The van der Waals surface area contributed by atoms with Gasteiger partial charge in [-0.2, -0.15) is 0 Å². The van der Waals surface area contributed by atoms with Crippen LogP contribution in [-0.2, 0) is 5.41 Å². The Morgan fingerprint density at radius 3 is 1.62 bits per heavy atom. The first-order valence-corrected chi connectivity index (χ1v) is 16.5. The van der Waals surface area contributed by atoms with E-state index in [0.29, 0.717) is 0 Å². The van der Waals surface area contributed by atoms with Gasteiger partial charge in [-0.15, -0.1) is 0 Å². The zero-order valence-corrected chi connectivity index (χ0v) is 26.4. The molecule has 0 aliphatic heterocycles. The van der Waals surface area contributed by atoms with E-state index in [-0.39, 0.29) is 5.41 Å². The first-order valence-electron chi connectivity index (χ1n) is 16.5. The minimum absolute atomic E-state index is 0.0409. The smallest absolute Gasteiger partial charge is 0.0548 e. The van der Waals surface area contributed by atoms with E-state index < -0.39 is 0 Å². The maximum atomic E-state index is 2.44. The zero-order valence-electron chi connectivity index (χ0n) is 26.4. The fourth-order valence-electron chi connectivity index (χ4n) is 8.34. The molecule has 2 aromatic heterocycles. The van der Waals surface area contributed by atoms with Crippen LogP contribution in [0.3, 0.4) is 0 Å². The lowest BCUT2D eigenvalue weighted by atomic mass is 9.81. The van der Waals surface area contributed by atoms with Crippen molar-refractivity contribution >= 4 is 43.6 Å². The predicted molar refractivity (Wildman–Crippen MR) is 198 cm³/mol. The molecule has 0 radical (unpaired) electrons. The summed E-state index contributed by atoms with van der Waals surface area (Å²) in [7, 11) is 0. The largest absolute Gasteiger partial charge is 0.309 e. The minimum Gasteiger partial charge on any atom is -0.309 e. The fraction of sp³-hybridized carbons (Fsp3) is 0.0667. The summed E-state index contributed by atoms with van der Waals surface area (Å²) in [5, 5.41) is 5.13.